The molecule has 0 aliphatic rings. The van der Waals surface area contributed by atoms with Crippen molar-refractivity contribution in [2.75, 3.05) is 0 Å². The second-order valence-electron chi connectivity index (χ2n) is 2.76. The molecule has 0 bridgehead atoms. The van der Waals surface area contributed by atoms with Gasteiger partial charge in [0.25, 0.3) is 0 Å². The highest BCUT2D eigenvalue weighted by molar-refractivity contribution is 5.90. The molecule has 0 amide bonds. The van der Waals surface area contributed by atoms with Gasteiger partial charge in [-0.05, 0) is 5.56 Å². The van der Waals surface area contributed by atoms with E-state index in [0.29, 0.717) is 0 Å². The van der Waals surface area contributed by atoms with E-state index in [9.17, 15) is 9.59 Å². The number of ether oxygens (including phenoxy) is 1. The Bertz CT molecular complexity index is 382. The van der Waals surface area contributed by atoms with Crippen LogP contribution in [0.25, 0.3) is 0 Å². The number of carboxylic acid groups (broad SMARTS) is 1. The normalized spacial score (nSPS) is 9.18. The summed E-state index contributed by atoms with van der Waals surface area (Å²) in [7, 11) is 0. The van der Waals surface area contributed by atoms with Crippen molar-refractivity contribution in [3.05, 3.63) is 61.2 Å². The SMILES string of the molecule is C=C.O=C(O)/C=C/C(=O)OCc1ccccc1. The smallest absolute Gasteiger partial charge is 0.331 e. The van der Waals surface area contributed by atoms with Gasteiger partial charge in [0, 0.05) is 12.2 Å². The van der Waals surface area contributed by atoms with E-state index in [-0.39, 0.29) is 6.61 Å². The van der Waals surface area contributed by atoms with Gasteiger partial charge < -0.3 is 9.84 Å². The molecule has 0 aromatic heterocycles. The van der Waals surface area contributed by atoms with Crippen LogP contribution in [0.5, 0.6) is 0 Å². The molecule has 0 radical (unpaired) electrons. The Morgan fingerprint density at radius 3 is 2.29 bits per heavy atom. The van der Waals surface area contributed by atoms with Crippen molar-refractivity contribution in [1.29, 1.82) is 0 Å². The van der Waals surface area contributed by atoms with Crippen molar-refractivity contribution >= 4 is 11.9 Å². The zero-order chi connectivity index (χ0) is 13.1. The van der Waals surface area contributed by atoms with E-state index in [1.807, 2.05) is 30.3 Å². The largest absolute Gasteiger partial charge is 0.478 e. The summed E-state index contributed by atoms with van der Waals surface area (Å²) in [5.41, 5.74) is 0.856. The molecule has 4 nitrogen and oxygen atoms in total. The summed E-state index contributed by atoms with van der Waals surface area (Å²) in [5.74, 6) is -1.84. The van der Waals surface area contributed by atoms with E-state index < -0.39 is 11.9 Å². The van der Waals surface area contributed by atoms with Crippen LogP contribution < -0.4 is 0 Å². The first-order chi connectivity index (χ1) is 8.18. The van der Waals surface area contributed by atoms with Crippen LogP contribution in [0.4, 0.5) is 0 Å². The topological polar surface area (TPSA) is 63.6 Å². The molecule has 4 heteroatoms. The van der Waals surface area contributed by atoms with Crippen molar-refractivity contribution < 1.29 is 19.4 Å². The lowest BCUT2D eigenvalue weighted by Gasteiger charge is -2.00. The number of carboxylic acids is 1. The molecular formula is C13H14O4. The van der Waals surface area contributed by atoms with Gasteiger partial charge in [0.1, 0.15) is 6.61 Å². The molecule has 0 atom stereocenters. The first-order valence-corrected chi connectivity index (χ1v) is 4.80. The van der Waals surface area contributed by atoms with Crippen LogP contribution in [0.15, 0.2) is 55.6 Å². The second-order valence-corrected chi connectivity index (χ2v) is 2.76. The molecule has 1 rings (SSSR count). The van der Waals surface area contributed by atoms with Gasteiger partial charge in [-0.2, -0.15) is 0 Å². The Labute approximate surface area is 99.8 Å². The molecule has 0 fully saturated rings. The first-order valence-electron chi connectivity index (χ1n) is 4.80. The molecule has 0 saturated heterocycles. The second kappa shape index (κ2) is 8.91. The monoisotopic (exact) mass is 234 g/mol. The summed E-state index contributed by atoms with van der Waals surface area (Å²) in [6, 6.07) is 9.14. The molecule has 0 unspecified atom stereocenters. The lowest BCUT2D eigenvalue weighted by molar-refractivity contribution is -0.139. The highest BCUT2D eigenvalue weighted by atomic mass is 16.5. The van der Waals surface area contributed by atoms with Gasteiger partial charge in [-0.15, -0.1) is 13.2 Å². The van der Waals surface area contributed by atoms with Gasteiger partial charge in [0.05, 0.1) is 0 Å². The number of esters is 1. The molecule has 0 aliphatic carbocycles. The van der Waals surface area contributed by atoms with E-state index in [0.717, 1.165) is 17.7 Å². The zero-order valence-corrected chi connectivity index (χ0v) is 9.33. The molecule has 1 aromatic carbocycles. The van der Waals surface area contributed by atoms with Crippen LogP contribution in [0.1, 0.15) is 5.56 Å². The predicted octanol–water partition coefficient (Wildman–Crippen LogP) is 2.17. The average molecular weight is 234 g/mol. The number of rotatable bonds is 4. The van der Waals surface area contributed by atoms with Crippen molar-refractivity contribution in [2.24, 2.45) is 0 Å². The number of carbonyl (C=O) groups excluding carboxylic acids is 1. The molecule has 1 aromatic rings. The summed E-state index contributed by atoms with van der Waals surface area (Å²) in [5, 5.41) is 8.25. The van der Waals surface area contributed by atoms with E-state index >= 15 is 0 Å². The minimum Gasteiger partial charge on any atom is -0.478 e. The van der Waals surface area contributed by atoms with Crippen molar-refractivity contribution in [3.63, 3.8) is 0 Å². The van der Waals surface area contributed by atoms with Crippen LogP contribution in [0.2, 0.25) is 0 Å². The Hall–Kier alpha value is -2.36. The Balaban J connectivity index is 0.00000121. The van der Waals surface area contributed by atoms with Crippen molar-refractivity contribution in [3.8, 4) is 0 Å². The van der Waals surface area contributed by atoms with Crippen LogP contribution in [-0.2, 0) is 20.9 Å². The summed E-state index contributed by atoms with van der Waals surface area (Å²) in [4.78, 5) is 21.0. The van der Waals surface area contributed by atoms with Gasteiger partial charge in [-0.1, -0.05) is 30.3 Å². The van der Waals surface area contributed by atoms with Gasteiger partial charge >= 0.3 is 11.9 Å². The quantitative estimate of drug-likeness (QED) is 0.492. The summed E-state index contributed by atoms with van der Waals surface area (Å²) < 4.78 is 4.79. The molecule has 0 heterocycles. The first kappa shape index (κ1) is 14.6. The Morgan fingerprint density at radius 2 is 1.76 bits per heavy atom. The third kappa shape index (κ3) is 7.56. The predicted molar refractivity (Wildman–Crippen MR) is 64.3 cm³/mol. The molecule has 0 spiro atoms. The molecule has 1 N–H and O–H groups in total. The van der Waals surface area contributed by atoms with Crippen molar-refractivity contribution in [1.82, 2.24) is 0 Å². The minimum atomic E-state index is -1.17. The Kier molecular flexibility index (Phi) is 7.67. The van der Waals surface area contributed by atoms with Gasteiger partial charge in [-0.3, -0.25) is 0 Å². The van der Waals surface area contributed by atoms with Gasteiger partial charge in [0.15, 0.2) is 0 Å². The summed E-state index contributed by atoms with van der Waals surface area (Å²) >= 11 is 0. The maximum atomic E-state index is 10.9. The number of carbonyl (C=O) groups is 2. The molecule has 17 heavy (non-hydrogen) atoms. The van der Waals surface area contributed by atoms with E-state index in [1.165, 1.54) is 0 Å². The molecule has 0 saturated carbocycles. The van der Waals surface area contributed by atoms with Crippen LogP contribution in [0.3, 0.4) is 0 Å². The standard InChI is InChI=1S/C11H10O4.C2H4/c12-10(13)6-7-11(14)15-8-9-4-2-1-3-5-9;1-2/h1-7H,8H2,(H,12,13);1-2H2/b7-6+;. The minimum absolute atomic E-state index is 0.142. The number of aliphatic carboxylic acids is 1. The summed E-state index contributed by atoms with van der Waals surface area (Å²) in [6.07, 6.45) is 1.62. The highest BCUT2D eigenvalue weighted by Crippen LogP contribution is 2.00. The fourth-order valence-corrected chi connectivity index (χ4v) is 0.916. The van der Waals surface area contributed by atoms with E-state index in [4.69, 9.17) is 9.84 Å². The highest BCUT2D eigenvalue weighted by Gasteiger charge is 1.98. The maximum absolute atomic E-state index is 10.9. The average Bonchev–Trinajstić information content (AvgIpc) is 2.37. The van der Waals surface area contributed by atoms with Crippen molar-refractivity contribution in [2.45, 2.75) is 6.61 Å². The van der Waals surface area contributed by atoms with Gasteiger partial charge in [0.2, 0.25) is 0 Å². The fourth-order valence-electron chi connectivity index (χ4n) is 0.916. The third-order valence-electron chi connectivity index (χ3n) is 1.59. The maximum Gasteiger partial charge on any atom is 0.331 e. The number of hydrogen-bond donors (Lipinski definition) is 1. The van der Waals surface area contributed by atoms with Crippen LogP contribution >= 0.6 is 0 Å². The molecule has 90 valence electrons. The zero-order valence-electron chi connectivity index (χ0n) is 9.33. The fraction of sp³-hybridized carbons (Fsp3) is 0.0769. The number of hydrogen-bond acceptors (Lipinski definition) is 3. The van der Waals surface area contributed by atoms with Crippen LogP contribution in [0, 0.1) is 0 Å². The van der Waals surface area contributed by atoms with Gasteiger partial charge in [-0.25, -0.2) is 9.59 Å². The third-order valence-corrected chi connectivity index (χ3v) is 1.59. The number of benzene rings is 1. The lowest BCUT2D eigenvalue weighted by atomic mass is 10.2. The molecular weight excluding hydrogens is 220 g/mol. The van der Waals surface area contributed by atoms with E-state index in [1.54, 1.807) is 0 Å². The van der Waals surface area contributed by atoms with Crippen LogP contribution in [-0.4, -0.2) is 17.0 Å². The molecule has 0 aliphatic heterocycles. The summed E-state index contributed by atoms with van der Waals surface area (Å²) in [6.45, 7) is 6.14. The lowest BCUT2D eigenvalue weighted by Crippen LogP contribution is -2.01. The van der Waals surface area contributed by atoms with E-state index in [2.05, 4.69) is 13.2 Å². The Morgan fingerprint density at radius 1 is 1.18 bits per heavy atom.